The summed E-state index contributed by atoms with van der Waals surface area (Å²) in [5.41, 5.74) is 2.01. The first kappa shape index (κ1) is 14.7. The molecule has 2 aromatic rings. The van der Waals surface area contributed by atoms with Gasteiger partial charge in [0, 0.05) is 16.3 Å². The number of carbonyl (C=O) groups is 1. The van der Waals surface area contributed by atoms with Gasteiger partial charge in [0.2, 0.25) is 0 Å². The van der Waals surface area contributed by atoms with Gasteiger partial charge < -0.3 is 10.1 Å². The van der Waals surface area contributed by atoms with Crippen LogP contribution in [0.25, 0.3) is 0 Å². The van der Waals surface area contributed by atoms with Gasteiger partial charge in [0.05, 0.1) is 12.1 Å². The molecule has 0 radical (unpaired) electrons. The number of carbonyl (C=O) groups excluding carboxylic acids is 1. The predicted octanol–water partition coefficient (Wildman–Crippen LogP) is 4.56. The number of ether oxygens (including phenoxy) is 1. The fourth-order valence-corrected chi connectivity index (χ4v) is 2.12. The van der Waals surface area contributed by atoms with Crippen LogP contribution in [0.4, 0.5) is 5.69 Å². The summed E-state index contributed by atoms with van der Waals surface area (Å²) in [6.07, 6.45) is 0. The third-order valence-corrected chi connectivity index (χ3v) is 3.55. The molecule has 0 aromatic heterocycles. The minimum absolute atomic E-state index is 0.242. The lowest BCUT2D eigenvalue weighted by molar-refractivity contribution is 0.102. The van der Waals surface area contributed by atoms with E-state index in [9.17, 15) is 4.79 Å². The highest BCUT2D eigenvalue weighted by Gasteiger charge is 2.09. The summed E-state index contributed by atoms with van der Waals surface area (Å²) < 4.78 is 5.06. The van der Waals surface area contributed by atoms with Crippen molar-refractivity contribution in [2.45, 2.75) is 6.92 Å². The largest absolute Gasteiger partial charge is 0.495 e. The van der Waals surface area contributed by atoms with Gasteiger partial charge in [-0.15, -0.1) is 0 Å². The maximum absolute atomic E-state index is 12.1. The fourth-order valence-electron chi connectivity index (χ4n) is 1.68. The summed E-state index contributed by atoms with van der Waals surface area (Å²) in [5, 5.41) is 3.76. The topological polar surface area (TPSA) is 38.3 Å². The third-order valence-electron chi connectivity index (χ3n) is 2.84. The van der Waals surface area contributed by atoms with Crippen molar-refractivity contribution in [3.8, 4) is 5.75 Å². The molecule has 0 aliphatic carbocycles. The number of nitrogens with one attached hydrogen (secondary N) is 1. The zero-order chi connectivity index (χ0) is 14.7. The van der Waals surface area contributed by atoms with Crippen LogP contribution in [0.3, 0.4) is 0 Å². The van der Waals surface area contributed by atoms with Gasteiger partial charge in [0.1, 0.15) is 5.75 Å². The summed E-state index contributed by atoms with van der Waals surface area (Å²) in [6.45, 7) is 1.88. The van der Waals surface area contributed by atoms with Crippen LogP contribution in [-0.4, -0.2) is 13.0 Å². The van der Waals surface area contributed by atoms with E-state index in [2.05, 4.69) is 5.32 Å². The first-order valence-electron chi connectivity index (χ1n) is 5.92. The third kappa shape index (κ3) is 3.24. The molecule has 20 heavy (non-hydrogen) atoms. The average Bonchev–Trinajstić information content (AvgIpc) is 2.42. The van der Waals surface area contributed by atoms with E-state index in [0.717, 1.165) is 5.56 Å². The second-order valence-corrected chi connectivity index (χ2v) is 5.08. The minimum Gasteiger partial charge on any atom is -0.495 e. The van der Waals surface area contributed by atoms with Crippen molar-refractivity contribution in [1.82, 2.24) is 0 Å². The second-order valence-electron chi connectivity index (χ2n) is 4.27. The van der Waals surface area contributed by atoms with E-state index in [1.165, 1.54) is 7.11 Å². The van der Waals surface area contributed by atoms with Crippen LogP contribution in [0, 0.1) is 6.92 Å². The molecule has 0 saturated heterocycles. The molecule has 0 saturated carbocycles. The Bertz CT molecular complexity index is 656. The molecule has 104 valence electrons. The number of hydrogen-bond donors (Lipinski definition) is 1. The molecule has 0 fully saturated rings. The molecule has 1 amide bonds. The van der Waals surface area contributed by atoms with Crippen LogP contribution in [-0.2, 0) is 0 Å². The van der Waals surface area contributed by atoms with Crippen molar-refractivity contribution in [1.29, 1.82) is 0 Å². The van der Waals surface area contributed by atoms with Crippen LogP contribution < -0.4 is 10.1 Å². The Labute approximate surface area is 127 Å². The molecule has 0 aliphatic heterocycles. The molecule has 5 heteroatoms. The van der Waals surface area contributed by atoms with Crippen molar-refractivity contribution < 1.29 is 9.53 Å². The Morgan fingerprint density at radius 2 is 1.85 bits per heavy atom. The van der Waals surface area contributed by atoms with Crippen molar-refractivity contribution in [3.63, 3.8) is 0 Å². The lowest BCUT2D eigenvalue weighted by Crippen LogP contribution is -2.11. The van der Waals surface area contributed by atoms with E-state index in [0.29, 0.717) is 27.0 Å². The molecule has 2 aromatic carbocycles. The first-order valence-corrected chi connectivity index (χ1v) is 6.68. The lowest BCUT2D eigenvalue weighted by atomic mass is 10.1. The highest BCUT2D eigenvalue weighted by Crippen LogP contribution is 2.27. The van der Waals surface area contributed by atoms with Crippen LogP contribution in [0.1, 0.15) is 15.9 Å². The van der Waals surface area contributed by atoms with Crippen LogP contribution >= 0.6 is 23.2 Å². The van der Waals surface area contributed by atoms with Gasteiger partial charge in [0.25, 0.3) is 5.91 Å². The maximum atomic E-state index is 12.1. The smallest absolute Gasteiger partial charge is 0.255 e. The molecular formula is C15H13Cl2NO2. The molecule has 3 nitrogen and oxygen atoms in total. The number of benzene rings is 2. The van der Waals surface area contributed by atoms with E-state index < -0.39 is 0 Å². The van der Waals surface area contributed by atoms with Gasteiger partial charge in [-0.3, -0.25) is 4.79 Å². The van der Waals surface area contributed by atoms with Crippen molar-refractivity contribution >= 4 is 34.8 Å². The first-order chi connectivity index (χ1) is 9.51. The van der Waals surface area contributed by atoms with E-state index >= 15 is 0 Å². The minimum atomic E-state index is -0.242. The number of rotatable bonds is 3. The number of hydrogen-bond acceptors (Lipinski definition) is 2. The van der Waals surface area contributed by atoms with Gasteiger partial charge in [0.15, 0.2) is 0 Å². The Hall–Kier alpha value is -1.71. The summed E-state index contributed by atoms with van der Waals surface area (Å²) in [7, 11) is 1.54. The number of methoxy groups -OCH3 is 1. The fraction of sp³-hybridized carbons (Fsp3) is 0.133. The average molecular weight is 310 g/mol. The normalized spacial score (nSPS) is 10.2. The Balaban J connectivity index is 2.19. The molecule has 1 N–H and O–H groups in total. The molecule has 0 heterocycles. The summed E-state index contributed by atoms with van der Waals surface area (Å²) >= 11 is 12.0. The van der Waals surface area contributed by atoms with E-state index in [-0.39, 0.29) is 5.91 Å². The molecule has 0 unspecified atom stereocenters. The van der Waals surface area contributed by atoms with Gasteiger partial charge in [-0.25, -0.2) is 0 Å². The van der Waals surface area contributed by atoms with E-state index in [1.807, 2.05) is 6.92 Å². The van der Waals surface area contributed by atoms with Crippen molar-refractivity contribution in [2.24, 2.45) is 0 Å². The standard InChI is InChI=1S/C15H13Cl2NO2/c1-9-3-4-10(7-12(9)16)15(19)18-11-5-6-14(20-2)13(17)8-11/h3-8H,1-2H3,(H,18,19). The van der Waals surface area contributed by atoms with Gasteiger partial charge in [-0.1, -0.05) is 29.3 Å². The number of amides is 1. The SMILES string of the molecule is COc1ccc(NC(=O)c2ccc(C)c(Cl)c2)cc1Cl. The number of aryl methyl sites for hydroxylation is 1. The second kappa shape index (κ2) is 6.16. The molecule has 0 spiro atoms. The highest BCUT2D eigenvalue weighted by atomic mass is 35.5. The highest BCUT2D eigenvalue weighted by molar-refractivity contribution is 6.32. The van der Waals surface area contributed by atoms with Gasteiger partial charge in [-0.05, 0) is 42.8 Å². The van der Waals surface area contributed by atoms with Crippen molar-refractivity contribution in [2.75, 3.05) is 12.4 Å². The monoisotopic (exact) mass is 309 g/mol. The Kier molecular flexibility index (Phi) is 4.53. The van der Waals surface area contributed by atoms with Crippen LogP contribution in [0.5, 0.6) is 5.75 Å². The molecular weight excluding hydrogens is 297 g/mol. The summed E-state index contributed by atoms with van der Waals surface area (Å²) in [4.78, 5) is 12.1. The molecule has 0 aliphatic rings. The Morgan fingerprint density at radius 3 is 2.45 bits per heavy atom. The van der Waals surface area contributed by atoms with E-state index in [1.54, 1.807) is 36.4 Å². The molecule has 0 bridgehead atoms. The van der Waals surface area contributed by atoms with Crippen molar-refractivity contribution in [3.05, 3.63) is 57.6 Å². The summed E-state index contributed by atoms with van der Waals surface area (Å²) in [5.74, 6) is 0.316. The molecule has 0 atom stereocenters. The van der Waals surface area contributed by atoms with Gasteiger partial charge in [-0.2, -0.15) is 0 Å². The van der Waals surface area contributed by atoms with E-state index in [4.69, 9.17) is 27.9 Å². The number of halogens is 2. The zero-order valence-electron chi connectivity index (χ0n) is 11.0. The van der Waals surface area contributed by atoms with Crippen LogP contribution in [0.2, 0.25) is 10.0 Å². The summed E-state index contributed by atoms with van der Waals surface area (Å²) in [6, 6.07) is 10.2. The van der Waals surface area contributed by atoms with Crippen LogP contribution in [0.15, 0.2) is 36.4 Å². The van der Waals surface area contributed by atoms with Gasteiger partial charge >= 0.3 is 0 Å². The maximum Gasteiger partial charge on any atom is 0.255 e. The quantitative estimate of drug-likeness (QED) is 0.902. The predicted molar refractivity (Wildman–Crippen MR) is 82.1 cm³/mol. The zero-order valence-corrected chi connectivity index (χ0v) is 12.5. The lowest BCUT2D eigenvalue weighted by Gasteiger charge is -2.08. The Morgan fingerprint density at radius 1 is 1.10 bits per heavy atom. The number of anilines is 1. The molecule has 2 rings (SSSR count).